The van der Waals surface area contributed by atoms with Crippen molar-refractivity contribution in [1.82, 2.24) is 0 Å². The molecule has 0 spiro atoms. The minimum Gasteiger partial charge on any atom is -0.388 e. The molecule has 0 saturated carbocycles. The van der Waals surface area contributed by atoms with Gasteiger partial charge in [-0.15, -0.1) is 0 Å². The van der Waals surface area contributed by atoms with Crippen molar-refractivity contribution in [2.24, 2.45) is 0 Å². The third-order valence-electron chi connectivity index (χ3n) is 2.36. The Bertz CT molecular complexity index is 349. The lowest BCUT2D eigenvalue weighted by Crippen LogP contribution is -2.39. The number of rotatable bonds is 3. The summed E-state index contributed by atoms with van der Waals surface area (Å²) in [4.78, 5) is 0. The van der Waals surface area contributed by atoms with E-state index in [-0.39, 0.29) is 6.04 Å². The molecule has 1 rings (SSSR count). The predicted molar refractivity (Wildman–Crippen MR) is 68.5 cm³/mol. The van der Waals surface area contributed by atoms with Crippen LogP contribution in [0.4, 0.5) is 5.69 Å². The minimum atomic E-state index is -0.786. The normalized spacial score (nSPS) is 13.7. The molecule has 2 nitrogen and oxygen atoms in total. The molecule has 0 aliphatic rings. The summed E-state index contributed by atoms with van der Waals surface area (Å²) < 4.78 is 0.956. The van der Waals surface area contributed by atoms with Crippen LogP contribution in [0.2, 0.25) is 5.02 Å². The van der Waals surface area contributed by atoms with Gasteiger partial charge in [-0.05, 0) is 39.0 Å². The Labute approximate surface area is 104 Å². The standard InChI is InChI=1S/C11H15BrClNO/c1-7(11(2,3)15)14-10-6-8(12)4-5-9(10)13/h4-7,14-15H,1-3H3. The molecule has 0 heterocycles. The topological polar surface area (TPSA) is 32.3 Å². The smallest absolute Gasteiger partial charge is 0.0789 e. The summed E-state index contributed by atoms with van der Waals surface area (Å²) in [6.45, 7) is 5.43. The van der Waals surface area contributed by atoms with Crippen LogP contribution < -0.4 is 5.32 Å². The van der Waals surface area contributed by atoms with Gasteiger partial charge in [-0.1, -0.05) is 27.5 Å². The van der Waals surface area contributed by atoms with Gasteiger partial charge in [0.25, 0.3) is 0 Å². The van der Waals surface area contributed by atoms with Crippen molar-refractivity contribution in [1.29, 1.82) is 0 Å². The minimum absolute atomic E-state index is 0.0794. The van der Waals surface area contributed by atoms with Crippen LogP contribution in [-0.4, -0.2) is 16.7 Å². The van der Waals surface area contributed by atoms with E-state index in [0.717, 1.165) is 10.2 Å². The van der Waals surface area contributed by atoms with Crippen LogP contribution >= 0.6 is 27.5 Å². The summed E-state index contributed by atoms with van der Waals surface area (Å²) in [5.41, 5.74) is 0.0340. The molecule has 0 amide bonds. The lowest BCUT2D eigenvalue weighted by Gasteiger charge is -2.28. The van der Waals surface area contributed by atoms with Crippen molar-refractivity contribution in [3.63, 3.8) is 0 Å². The molecule has 15 heavy (non-hydrogen) atoms. The summed E-state index contributed by atoms with van der Waals surface area (Å²) >= 11 is 9.40. The SMILES string of the molecule is CC(Nc1cc(Br)ccc1Cl)C(C)(C)O. The quantitative estimate of drug-likeness (QED) is 0.891. The van der Waals surface area contributed by atoms with Gasteiger partial charge in [-0.2, -0.15) is 0 Å². The Balaban J connectivity index is 2.85. The van der Waals surface area contributed by atoms with E-state index in [4.69, 9.17) is 11.6 Å². The van der Waals surface area contributed by atoms with Crippen LogP contribution in [-0.2, 0) is 0 Å². The molecule has 84 valence electrons. The van der Waals surface area contributed by atoms with Crippen LogP contribution in [0, 0.1) is 0 Å². The van der Waals surface area contributed by atoms with Crippen molar-refractivity contribution >= 4 is 33.2 Å². The summed E-state index contributed by atoms with van der Waals surface area (Å²) in [5, 5.41) is 13.6. The van der Waals surface area contributed by atoms with E-state index in [0.29, 0.717) is 5.02 Å². The average molecular weight is 293 g/mol. The predicted octanol–water partition coefficient (Wildman–Crippen LogP) is 3.67. The molecule has 1 aromatic carbocycles. The highest BCUT2D eigenvalue weighted by Crippen LogP contribution is 2.27. The highest BCUT2D eigenvalue weighted by atomic mass is 79.9. The fraction of sp³-hybridized carbons (Fsp3) is 0.455. The second-order valence-electron chi connectivity index (χ2n) is 4.14. The van der Waals surface area contributed by atoms with Gasteiger partial charge in [0.1, 0.15) is 0 Å². The van der Waals surface area contributed by atoms with Crippen LogP contribution in [0.5, 0.6) is 0 Å². The molecular formula is C11H15BrClNO. The Morgan fingerprint density at radius 2 is 2.07 bits per heavy atom. The molecule has 1 aromatic rings. The molecule has 0 saturated heterocycles. The zero-order valence-electron chi connectivity index (χ0n) is 9.01. The molecule has 0 aliphatic heterocycles. The van der Waals surface area contributed by atoms with Gasteiger partial charge >= 0.3 is 0 Å². The first-order chi connectivity index (χ1) is 6.80. The molecule has 1 atom stereocenters. The summed E-state index contributed by atoms with van der Waals surface area (Å²) in [7, 11) is 0. The fourth-order valence-electron chi connectivity index (χ4n) is 1.02. The third-order valence-corrected chi connectivity index (χ3v) is 3.18. The number of hydrogen-bond acceptors (Lipinski definition) is 2. The van der Waals surface area contributed by atoms with Crippen LogP contribution in [0.25, 0.3) is 0 Å². The molecule has 1 unspecified atom stereocenters. The zero-order chi connectivity index (χ0) is 11.6. The van der Waals surface area contributed by atoms with Gasteiger partial charge in [-0.25, -0.2) is 0 Å². The summed E-state index contributed by atoms with van der Waals surface area (Å²) in [6, 6.07) is 5.50. The van der Waals surface area contributed by atoms with E-state index in [9.17, 15) is 5.11 Å². The lowest BCUT2D eigenvalue weighted by molar-refractivity contribution is 0.0649. The molecule has 2 N–H and O–H groups in total. The monoisotopic (exact) mass is 291 g/mol. The Morgan fingerprint density at radius 1 is 1.47 bits per heavy atom. The number of hydrogen-bond donors (Lipinski definition) is 2. The van der Waals surface area contributed by atoms with Crippen molar-refractivity contribution in [3.8, 4) is 0 Å². The maximum absolute atomic E-state index is 9.79. The number of aliphatic hydroxyl groups is 1. The maximum atomic E-state index is 9.79. The van der Waals surface area contributed by atoms with Crippen LogP contribution in [0.3, 0.4) is 0 Å². The van der Waals surface area contributed by atoms with Gasteiger partial charge in [0.05, 0.1) is 22.4 Å². The van der Waals surface area contributed by atoms with Gasteiger partial charge in [-0.3, -0.25) is 0 Å². The molecular weight excluding hydrogens is 277 g/mol. The van der Waals surface area contributed by atoms with E-state index in [1.807, 2.05) is 25.1 Å². The maximum Gasteiger partial charge on any atom is 0.0789 e. The zero-order valence-corrected chi connectivity index (χ0v) is 11.4. The number of halogens is 2. The Hall–Kier alpha value is -0.250. The van der Waals surface area contributed by atoms with Crippen LogP contribution in [0.1, 0.15) is 20.8 Å². The van der Waals surface area contributed by atoms with Gasteiger partial charge in [0, 0.05) is 4.47 Å². The molecule has 0 radical (unpaired) electrons. The third kappa shape index (κ3) is 3.67. The van der Waals surface area contributed by atoms with E-state index in [1.54, 1.807) is 13.8 Å². The van der Waals surface area contributed by atoms with E-state index >= 15 is 0 Å². The van der Waals surface area contributed by atoms with Crippen molar-refractivity contribution in [3.05, 3.63) is 27.7 Å². The fourth-order valence-corrected chi connectivity index (χ4v) is 1.55. The molecule has 0 aliphatic carbocycles. The van der Waals surface area contributed by atoms with E-state index in [1.165, 1.54) is 0 Å². The Kier molecular flexibility index (Phi) is 4.04. The second kappa shape index (κ2) is 4.73. The molecule has 4 heteroatoms. The first-order valence-electron chi connectivity index (χ1n) is 4.74. The lowest BCUT2D eigenvalue weighted by atomic mass is 10.0. The number of benzene rings is 1. The van der Waals surface area contributed by atoms with Gasteiger partial charge in [0.2, 0.25) is 0 Å². The highest BCUT2D eigenvalue weighted by Gasteiger charge is 2.22. The largest absolute Gasteiger partial charge is 0.388 e. The number of nitrogens with one attached hydrogen (secondary N) is 1. The van der Waals surface area contributed by atoms with Crippen LogP contribution in [0.15, 0.2) is 22.7 Å². The van der Waals surface area contributed by atoms with Crippen molar-refractivity contribution < 1.29 is 5.11 Å². The number of anilines is 1. The van der Waals surface area contributed by atoms with Gasteiger partial charge < -0.3 is 10.4 Å². The Morgan fingerprint density at radius 3 is 2.60 bits per heavy atom. The average Bonchev–Trinajstić information content (AvgIpc) is 2.09. The van der Waals surface area contributed by atoms with Gasteiger partial charge in [0.15, 0.2) is 0 Å². The summed E-state index contributed by atoms with van der Waals surface area (Å²) in [5.74, 6) is 0. The molecule has 0 fully saturated rings. The summed E-state index contributed by atoms with van der Waals surface area (Å²) in [6.07, 6.45) is 0. The van der Waals surface area contributed by atoms with E-state index < -0.39 is 5.60 Å². The molecule has 0 bridgehead atoms. The van der Waals surface area contributed by atoms with Crippen molar-refractivity contribution in [2.75, 3.05) is 5.32 Å². The first kappa shape index (κ1) is 12.8. The van der Waals surface area contributed by atoms with Crippen molar-refractivity contribution in [2.45, 2.75) is 32.4 Å². The molecule has 0 aromatic heterocycles. The first-order valence-corrected chi connectivity index (χ1v) is 5.92. The second-order valence-corrected chi connectivity index (χ2v) is 5.47. The highest BCUT2D eigenvalue weighted by molar-refractivity contribution is 9.10. The van der Waals surface area contributed by atoms with E-state index in [2.05, 4.69) is 21.2 Å².